The average Bonchev–Trinajstić information content (AvgIpc) is 2.42. The topological polar surface area (TPSA) is 21.3 Å². The SMILES string of the molecule is CNC(C)c1ccccc1Oc1cc(F)ccc1F. The van der Waals surface area contributed by atoms with Crippen LogP contribution in [0.4, 0.5) is 8.78 Å². The zero-order chi connectivity index (χ0) is 13.8. The molecule has 1 atom stereocenters. The fourth-order valence-corrected chi connectivity index (χ4v) is 1.76. The van der Waals surface area contributed by atoms with Crippen LogP contribution in [0.25, 0.3) is 0 Å². The summed E-state index contributed by atoms with van der Waals surface area (Å²) in [5.41, 5.74) is 0.883. The Kier molecular flexibility index (Phi) is 4.12. The molecule has 2 nitrogen and oxygen atoms in total. The second-order valence-electron chi connectivity index (χ2n) is 4.22. The van der Waals surface area contributed by atoms with Crippen LogP contribution in [0.5, 0.6) is 11.5 Å². The van der Waals surface area contributed by atoms with Gasteiger partial charge in [-0.2, -0.15) is 0 Å². The van der Waals surface area contributed by atoms with Crippen molar-refractivity contribution in [1.29, 1.82) is 0 Å². The summed E-state index contributed by atoms with van der Waals surface area (Å²) in [6, 6.07) is 10.5. The van der Waals surface area contributed by atoms with E-state index in [1.165, 1.54) is 0 Å². The predicted octanol–water partition coefficient (Wildman–Crippen LogP) is 4.04. The zero-order valence-electron chi connectivity index (χ0n) is 10.8. The molecule has 2 rings (SSSR count). The van der Waals surface area contributed by atoms with Gasteiger partial charge in [0.05, 0.1) is 0 Å². The molecule has 1 N–H and O–H groups in total. The summed E-state index contributed by atoms with van der Waals surface area (Å²) in [6.07, 6.45) is 0. The first kappa shape index (κ1) is 13.5. The first-order chi connectivity index (χ1) is 9.11. The van der Waals surface area contributed by atoms with Crippen LogP contribution in [0.2, 0.25) is 0 Å². The molecule has 0 saturated heterocycles. The van der Waals surface area contributed by atoms with Gasteiger partial charge in [-0.3, -0.25) is 0 Å². The van der Waals surface area contributed by atoms with Gasteiger partial charge in [-0.15, -0.1) is 0 Å². The van der Waals surface area contributed by atoms with Crippen LogP contribution in [-0.2, 0) is 0 Å². The summed E-state index contributed by atoms with van der Waals surface area (Å²) in [4.78, 5) is 0. The van der Waals surface area contributed by atoms with E-state index in [4.69, 9.17) is 4.74 Å². The lowest BCUT2D eigenvalue weighted by molar-refractivity contribution is 0.427. The molecule has 0 aliphatic rings. The van der Waals surface area contributed by atoms with E-state index >= 15 is 0 Å². The third-order valence-electron chi connectivity index (χ3n) is 2.93. The fraction of sp³-hybridized carbons (Fsp3) is 0.200. The molecule has 2 aromatic carbocycles. The van der Waals surface area contributed by atoms with Crippen molar-refractivity contribution in [2.24, 2.45) is 0 Å². The van der Waals surface area contributed by atoms with Crippen LogP contribution in [0.15, 0.2) is 42.5 Å². The molecule has 0 aromatic heterocycles. The molecule has 0 aliphatic carbocycles. The van der Waals surface area contributed by atoms with Crippen molar-refractivity contribution in [2.75, 3.05) is 7.05 Å². The monoisotopic (exact) mass is 263 g/mol. The number of ether oxygens (including phenoxy) is 1. The van der Waals surface area contributed by atoms with Crippen LogP contribution < -0.4 is 10.1 Å². The molecule has 0 fully saturated rings. The maximum Gasteiger partial charge on any atom is 0.165 e. The Morgan fingerprint density at radius 1 is 1.05 bits per heavy atom. The summed E-state index contributed by atoms with van der Waals surface area (Å²) < 4.78 is 32.2. The van der Waals surface area contributed by atoms with E-state index < -0.39 is 11.6 Å². The third-order valence-corrected chi connectivity index (χ3v) is 2.93. The average molecular weight is 263 g/mol. The van der Waals surface area contributed by atoms with Crippen LogP contribution in [-0.4, -0.2) is 7.05 Å². The highest BCUT2D eigenvalue weighted by Crippen LogP contribution is 2.31. The van der Waals surface area contributed by atoms with E-state index in [0.717, 1.165) is 23.8 Å². The highest BCUT2D eigenvalue weighted by molar-refractivity contribution is 5.40. The van der Waals surface area contributed by atoms with Crippen molar-refractivity contribution in [2.45, 2.75) is 13.0 Å². The van der Waals surface area contributed by atoms with Gasteiger partial charge in [-0.25, -0.2) is 8.78 Å². The van der Waals surface area contributed by atoms with Crippen molar-refractivity contribution in [3.63, 3.8) is 0 Å². The van der Waals surface area contributed by atoms with Gasteiger partial charge in [-0.1, -0.05) is 18.2 Å². The van der Waals surface area contributed by atoms with Crippen molar-refractivity contribution >= 4 is 0 Å². The van der Waals surface area contributed by atoms with Gasteiger partial charge in [0, 0.05) is 17.7 Å². The minimum Gasteiger partial charge on any atom is -0.454 e. The number of nitrogens with one attached hydrogen (secondary N) is 1. The maximum atomic E-state index is 13.6. The van der Waals surface area contributed by atoms with E-state index in [1.807, 2.05) is 26.1 Å². The molecule has 1 unspecified atom stereocenters. The lowest BCUT2D eigenvalue weighted by atomic mass is 10.1. The predicted molar refractivity (Wildman–Crippen MR) is 70.3 cm³/mol. The molecule has 0 spiro atoms. The zero-order valence-corrected chi connectivity index (χ0v) is 10.8. The number of para-hydroxylation sites is 1. The van der Waals surface area contributed by atoms with Crippen molar-refractivity contribution in [3.8, 4) is 11.5 Å². The molecular formula is C15H15F2NO. The lowest BCUT2D eigenvalue weighted by Crippen LogP contribution is -2.13. The molecule has 0 aliphatic heterocycles. The van der Waals surface area contributed by atoms with Crippen molar-refractivity contribution < 1.29 is 13.5 Å². The van der Waals surface area contributed by atoms with Gasteiger partial charge in [0.15, 0.2) is 11.6 Å². The van der Waals surface area contributed by atoms with Crippen LogP contribution in [0, 0.1) is 11.6 Å². The minimum absolute atomic E-state index is 0.0489. The Labute approximate surface area is 111 Å². The largest absolute Gasteiger partial charge is 0.454 e. The van der Waals surface area contributed by atoms with E-state index in [1.54, 1.807) is 12.1 Å². The van der Waals surface area contributed by atoms with Gasteiger partial charge in [0.2, 0.25) is 0 Å². The summed E-state index contributed by atoms with van der Waals surface area (Å²) in [5, 5.41) is 3.09. The van der Waals surface area contributed by atoms with Crippen LogP contribution in [0.3, 0.4) is 0 Å². The molecule has 0 bridgehead atoms. The van der Waals surface area contributed by atoms with E-state index in [-0.39, 0.29) is 11.8 Å². The van der Waals surface area contributed by atoms with Gasteiger partial charge < -0.3 is 10.1 Å². The standard InChI is InChI=1S/C15H15F2NO/c1-10(18-2)12-5-3-4-6-14(12)19-15-9-11(16)7-8-13(15)17/h3-10,18H,1-2H3. The summed E-state index contributed by atoms with van der Waals surface area (Å²) in [7, 11) is 1.82. The Hall–Kier alpha value is -1.94. The van der Waals surface area contributed by atoms with E-state index in [0.29, 0.717) is 5.75 Å². The van der Waals surface area contributed by atoms with Crippen molar-refractivity contribution in [1.82, 2.24) is 5.32 Å². The summed E-state index contributed by atoms with van der Waals surface area (Å²) >= 11 is 0. The second-order valence-corrected chi connectivity index (χ2v) is 4.22. The molecule has 0 heterocycles. The molecule has 0 amide bonds. The number of rotatable bonds is 4. The number of benzene rings is 2. The number of hydrogen-bond donors (Lipinski definition) is 1. The molecule has 0 saturated carbocycles. The smallest absolute Gasteiger partial charge is 0.165 e. The second kappa shape index (κ2) is 5.80. The molecule has 0 radical (unpaired) electrons. The summed E-state index contributed by atoms with van der Waals surface area (Å²) in [6.45, 7) is 1.96. The Morgan fingerprint density at radius 2 is 1.79 bits per heavy atom. The van der Waals surface area contributed by atoms with E-state index in [2.05, 4.69) is 5.32 Å². The molecule has 2 aromatic rings. The van der Waals surface area contributed by atoms with Crippen LogP contribution >= 0.6 is 0 Å². The lowest BCUT2D eigenvalue weighted by Gasteiger charge is -2.16. The highest BCUT2D eigenvalue weighted by Gasteiger charge is 2.12. The highest BCUT2D eigenvalue weighted by atomic mass is 19.1. The van der Waals surface area contributed by atoms with Gasteiger partial charge in [0.1, 0.15) is 11.6 Å². The maximum absolute atomic E-state index is 13.6. The summed E-state index contributed by atoms with van der Waals surface area (Å²) in [5.74, 6) is -0.728. The first-order valence-electron chi connectivity index (χ1n) is 6.01. The molecule has 4 heteroatoms. The first-order valence-corrected chi connectivity index (χ1v) is 6.01. The number of hydrogen-bond acceptors (Lipinski definition) is 2. The number of halogens is 2. The Balaban J connectivity index is 2.35. The molecule has 100 valence electrons. The fourth-order valence-electron chi connectivity index (χ4n) is 1.76. The Morgan fingerprint density at radius 3 is 2.53 bits per heavy atom. The Bertz CT molecular complexity index is 572. The van der Waals surface area contributed by atoms with Crippen LogP contribution in [0.1, 0.15) is 18.5 Å². The minimum atomic E-state index is -0.590. The van der Waals surface area contributed by atoms with Gasteiger partial charge >= 0.3 is 0 Å². The molecule has 19 heavy (non-hydrogen) atoms. The molecular weight excluding hydrogens is 248 g/mol. The van der Waals surface area contributed by atoms with Gasteiger partial charge in [0.25, 0.3) is 0 Å². The van der Waals surface area contributed by atoms with Crippen molar-refractivity contribution in [3.05, 3.63) is 59.7 Å². The third kappa shape index (κ3) is 3.09. The quantitative estimate of drug-likeness (QED) is 0.899. The normalized spacial score (nSPS) is 12.2. The van der Waals surface area contributed by atoms with E-state index in [9.17, 15) is 8.78 Å². The van der Waals surface area contributed by atoms with Gasteiger partial charge in [-0.05, 0) is 32.2 Å².